The molecule has 4 rings (SSSR count). The minimum atomic E-state index is -0.117. The first-order valence-electron chi connectivity index (χ1n) is 10.0. The molecule has 146 valence electrons. The molecule has 27 heavy (non-hydrogen) atoms. The molecule has 1 amide bonds. The van der Waals surface area contributed by atoms with Crippen LogP contribution in [0.5, 0.6) is 0 Å². The first-order valence-corrected chi connectivity index (χ1v) is 10.8. The largest absolute Gasteiger partial charge is 0.354 e. The van der Waals surface area contributed by atoms with Crippen molar-refractivity contribution in [2.24, 2.45) is 5.92 Å². The number of nitrogens with zero attached hydrogens (tertiary/aromatic N) is 3. The summed E-state index contributed by atoms with van der Waals surface area (Å²) in [6, 6.07) is 0.616. The lowest BCUT2D eigenvalue weighted by molar-refractivity contribution is -0.122. The summed E-state index contributed by atoms with van der Waals surface area (Å²) in [5.41, 5.74) is 0.856. The number of aryl methyl sites for hydroxylation is 2. The highest BCUT2D eigenvalue weighted by molar-refractivity contribution is 7.18. The minimum Gasteiger partial charge on any atom is -0.354 e. The molecule has 0 aromatic carbocycles. The predicted molar refractivity (Wildman–Crippen MR) is 108 cm³/mol. The summed E-state index contributed by atoms with van der Waals surface area (Å²) in [4.78, 5) is 34.1. The molecule has 0 bridgehead atoms. The highest BCUT2D eigenvalue weighted by Gasteiger charge is 2.32. The fourth-order valence-electron chi connectivity index (χ4n) is 4.65. The molecule has 2 atom stereocenters. The minimum absolute atomic E-state index is 0.0389. The Kier molecular flexibility index (Phi) is 5.32. The van der Waals surface area contributed by atoms with Gasteiger partial charge in [-0.05, 0) is 64.1 Å². The number of piperidine rings is 2. The number of rotatable bonds is 4. The molecule has 0 unspecified atom stereocenters. The zero-order valence-electron chi connectivity index (χ0n) is 16.2. The summed E-state index contributed by atoms with van der Waals surface area (Å²) in [7, 11) is 0. The van der Waals surface area contributed by atoms with E-state index in [1.54, 1.807) is 0 Å². The Labute approximate surface area is 163 Å². The molecule has 1 N–H and O–H groups in total. The number of carbonyl (C=O) groups excluding carboxylic acids is 1. The smallest absolute Gasteiger partial charge is 0.262 e. The van der Waals surface area contributed by atoms with Gasteiger partial charge in [-0.2, -0.15) is 0 Å². The predicted octanol–water partition coefficient (Wildman–Crippen LogP) is 2.46. The van der Waals surface area contributed by atoms with Crippen molar-refractivity contribution in [3.8, 4) is 0 Å². The molecule has 0 aliphatic carbocycles. The standard InChI is InChI=1S/C20H28N4O2S/c1-13-14(2)27-19-18(13)20(26)24(12-22-19)11-17(25)21-10-15-6-5-9-23-8-4-3-7-16(15)23/h12,15-16H,3-11H2,1-2H3,(H,21,25)/t15-,16+/m0/s1. The van der Waals surface area contributed by atoms with Crippen LogP contribution in [-0.2, 0) is 11.3 Å². The van der Waals surface area contributed by atoms with Crippen molar-refractivity contribution in [1.82, 2.24) is 19.8 Å². The van der Waals surface area contributed by atoms with E-state index in [9.17, 15) is 9.59 Å². The van der Waals surface area contributed by atoms with E-state index in [1.807, 2.05) is 13.8 Å². The topological polar surface area (TPSA) is 67.2 Å². The quantitative estimate of drug-likeness (QED) is 0.874. The molecule has 6 nitrogen and oxygen atoms in total. The Hall–Kier alpha value is -1.73. The number of aromatic nitrogens is 2. The lowest BCUT2D eigenvalue weighted by atomic mass is 9.83. The van der Waals surface area contributed by atoms with Crippen molar-refractivity contribution >= 4 is 27.5 Å². The summed E-state index contributed by atoms with van der Waals surface area (Å²) in [5, 5.41) is 3.73. The number of fused-ring (bicyclic) bond motifs is 2. The van der Waals surface area contributed by atoms with Gasteiger partial charge in [-0.25, -0.2) is 4.98 Å². The van der Waals surface area contributed by atoms with Gasteiger partial charge in [0.1, 0.15) is 11.4 Å². The molecule has 7 heteroatoms. The van der Waals surface area contributed by atoms with Crippen molar-refractivity contribution in [2.45, 2.75) is 58.5 Å². The average molecular weight is 389 g/mol. The maximum atomic E-state index is 12.7. The highest BCUT2D eigenvalue weighted by atomic mass is 32.1. The molecule has 0 radical (unpaired) electrons. The van der Waals surface area contributed by atoms with Crippen molar-refractivity contribution in [3.05, 3.63) is 27.1 Å². The van der Waals surface area contributed by atoms with Gasteiger partial charge in [0, 0.05) is 17.5 Å². The van der Waals surface area contributed by atoms with Crippen LogP contribution in [0.2, 0.25) is 0 Å². The zero-order chi connectivity index (χ0) is 19.0. The Morgan fingerprint density at radius 3 is 2.93 bits per heavy atom. The van der Waals surface area contributed by atoms with E-state index in [4.69, 9.17) is 0 Å². The Balaban J connectivity index is 1.41. The lowest BCUT2D eigenvalue weighted by Crippen LogP contribution is -2.51. The monoisotopic (exact) mass is 388 g/mol. The summed E-state index contributed by atoms with van der Waals surface area (Å²) < 4.78 is 1.44. The van der Waals surface area contributed by atoms with Crippen molar-refractivity contribution < 1.29 is 4.79 Å². The summed E-state index contributed by atoms with van der Waals surface area (Å²) in [6.07, 6.45) is 7.75. The Morgan fingerprint density at radius 1 is 1.26 bits per heavy atom. The van der Waals surface area contributed by atoms with Gasteiger partial charge < -0.3 is 10.2 Å². The third-order valence-electron chi connectivity index (χ3n) is 6.26. The van der Waals surface area contributed by atoms with Gasteiger partial charge in [-0.3, -0.25) is 14.2 Å². The van der Waals surface area contributed by atoms with E-state index in [2.05, 4.69) is 15.2 Å². The Morgan fingerprint density at radius 2 is 2.07 bits per heavy atom. The van der Waals surface area contributed by atoms with E-state index < -0.39 is 0 Å². The van der Waals surface area contributed by atoms with E-state index in [0.717, 1.165) is 15.3 Å². The number of thiophene rings is 1. The SMILES string of the molecule is Cc1sc2ncn(CC(=O)NC[C@@H]3CCCN4CCCC[C@H]34)c(=O)c2c1C. The number of hydrogen-bond acceptors (Lipinski definition) is 5. The third-order valence-corrected chi connectivity index (χ3v) is 7.38. The highest BCUT2D eigenvalue weighted by Crippen LogP contribution is 2.30. The molecule has 2 aromatic heterocycles. The maximum absolute atomic E-state index is 12.7. The molecule has 0 spiro atoms. The number of carbonyl (C=O) groups is 1. The second kappa shape index (κ2) is 7.72. The molecule has 2 saturated heterocycles. The van der Waals surface area contributed by atoms with Crippen LogP contribution in [-0.4, -0.2) is 46.0 Å². The van der Waals surface area contributed by atoms with Crippen molar-refractivity contribution in [3.63, 3.8) is 0 Å². The zero-order valence-corrected chi connectivity index (χ0v) is 17.0. The van der Waals surface area contributed by atoms with E-state index in [-0.39, 0.29) is 18.0 Å². The Bertz CT molecular complexity index is 901. The van der Waals surface area contributed by atoms with Gasteiger partial charge in [0.15, 0.2) is 0 Å². The molecule has 0 saturated carbocycles. The fourth-order valence-corrected chi connectivity index (χ4v) is 5.64. The van der Waals surface area contributed by atoms with Gasteiger partial charge in [-0.15, -0.1) is 11.3 Å². The fraction of sp³-hybridized carbons (Fsp3) is 0.650. The first kappa shape index (κ1) is 18.6. The van der Waals surface area contributed by atoms with Crippen LogP contribution in [0.15, 0.2) is 11.1 Å². The van der Waals surface area contributed by atoms with Crippen molar-refractivity contribution in [1.29, 1.82) is 0 Å². The average Bonchev–Trinajstić information content (AvgIpc) is 2.97. The second-order valence-corrected chi connectivity index (χ2v) is 9.15. The summed E-state index contributed by atoms with van der Waals surface area (Å²) >= 11 is 1.53. The first-order chi connectivity index (χ1) is 13.0. The molecule has 2 aliphatic heterocycles. The van der Waals surface area contributed by atoms with E-state index in [0.29, 0.717) is 23.9 Å². The summed E-state index contributed by atoms with van der Waals surface area (Å²) in [5.74, 6) is 0.429. The van der Waals surface area contributed by atoms with Gasteiger partial charge >= 0.3 is 0 Å². The van der Waals surface area contributed by atoms with Gasteiger partial charge in [-0.1, -0.05) is 6.42 Å². The molecule has 2 fully saturated rings. The van der Waals surface area contributed by atoms with Crippen LogP contribution in [0, 0.1) is 19.8 Å². The van der Waals surface area contributed by atoms with Crippen molar-refractivity contribution in [2.75, 3.05) is 19.6 Å². The summed E-state index contributed by atoms with van der Waals surface area (Å²) in [6.45, 7) is 7.10. The number of nitrogens with one attached hydrogen (secondary N) is 1. The van der Waals surface area contributed by atoms with E-state index in [1.165, 1.54) is 67.4 Å². The molecule has 2 aliphatic rings. The van der Waals surface area contributed by atoms with Crippen LogP contribution < -0.4 is 10.9 Å². The molecular formula is C20H28N4O2S. The molecule has 2 aromatic rings. The maximum Gasteiger partial charge on any atom is 0.262 e. The second-order valence-electron chi connectivity index (χ2n) is 7.95. The number of hydrogen-bond donors (Lipinski definition) is 1. The van der Waals surface area contributed by atoms with Crippen LogP contribution >= 0.6 is 11.3 Å². The normalized spacial score (nSPS) is 23.3. The molecule has 4 heterocycles. The van der Waals surface area contributed by atoms with E-state index >= 15 is 0 Å². The molecular weight excluding hydrogens is 360 g/mol. The number of amides is 1. The van der Waals surface area contributed by atoms with Crippen LogP contribution in [0.3, 0.4) is 0 Å². The van der Waals surface area contributed by atoms with Crippen LogP contribution in [0.4, 0.5) is 0 Å². The van der Waals surface area contributed by atoms with Gasteiger partial charge in [0.25, 0.3) is 5.56 Å². The van der Waals surface area contributed by atoms with Gasteiger partial charge in [0.2, 0.25) is 5.91 Å². The lowest BCUT2D eigenvalue weighted by Gasteiger charge is -2.44. The third kappa shape index (κ3) is 3.67. The van der Waals surface area contributed by atoms with Gasteiger partial charge in [0.05, 0.1) is 11.7 Å². The van der Waals surface area contributed by atoms with Crippen LogP contribution in [0.1, 0.15) is 42.5 Å². The van der Waals surface area contributed by atoms with Crippen LogP contribution in [0.25, 0.3) is 10.2 Å².